The number of aryl methyl sites for hydroxylation is 1. The standard InChI is InChI=1S/C11H16O2S/c1-9-3-4-11(10(7-9)8-12)13-5-6-14-2/h3-4,7,12H,5-6,8H2,1-2H3. The summed E-state index contributed by atoms with van der Waals surface area (Å²) in [5.41, 5.74) is 2.01. The van der Waals surface area contributed by atoms with Gasteiger partial charge in [-0.05, 0) is 19.2 Å². The lowest BCUT2D eigenvalue weighted by molar-refractivity contribution is 0.267. The molecule has 78 valence electrons. The number of hydrogen-bond acceptors (Lipinski definition) is 3. The number of rotatable bonds is 5. The highest BCUT2D eigenvalue weighted by atomic mass is 32.2. The van der Waals surface area contributed by atoms with Crippen LogP contribution in [0.3, 0.4) is 0 Å². The zero-order valence-electron chi connectivity index (χ0n) is 8.62. The van der Waals surface area contributed by atoms with E-state index in [4.69, 9.17) is 9.84 Å². The Hall–Kier alpha value is -0.670. The van der Waals surface area contributed by atoms with Crippen molar-refractivity contribution in [3.63, 3.8) is 0 Å². The van der Waals surface area contributed by atoms with E-state index in [-0.39, 0.29) is 6.61 Å². The molecular formula is C11H16O2S. The van der Waals surface area contributed by atoms with Gasteiger partial charge in [0.2, 0.25) is 0 Å². The molecule has 0 heterocycles. The quantitative estimate of drug-likeness (QED) is 0.759. The van der Waals surface area contributed by atoms with Crippen LogP contribution < -0.4 is 4.74 Å². The van der Waals surface area contributed by atoms with Gasteiger partial charge in [0.1, 0.15) is 5.75 Å². The predicted octanol–water partition coefficient (Wildman–Crippen LogP) is 2.23. The van der Waals surface area contributed by atoms with Gasteiger partial charge in [0, 0.05) is 11.3 Å². The normalized spacial score (nSPS) is 10.2. The Balaban J connectivity index is 2.65. The van der Waals surface area contributed by atoms with Crippen LogP contribution in [0.4, 0.5) is 0 Å². The van der Waals surface area contributed by atoms with Crippen molar-refractivity contribution in [1.82, 2.24) is 0 Å². The molecule has 0 saturated heterocycles. The van der Waals surface area contributed by atoms with Gasteiger partial charge in [-0.3, -0.25) is 0 Å². The summed E-state index contributed by atoms with van der Waals surface area (Å²) >= 11 is 1.75. The molecule has 0 aliphatic carbocycles. The van der Waals surface area contributed by atoms with Gasteiger partial charge in [-0.2, -0.15) is 11.8 Å². The summed E-state index contributed by atoms with van der Waals surface area (Å²) in [6.45, 7) is 2.73. The van der Waals surface area contributed by atoms with Crippen LogP contribution in [0, 0.1) is 6.92 Å². The Labute approximate surface area is 89.3 Å². The third-order valence-electron chi connectivity index (χ3n) is 1.93. The highest BCUT2D eigenvalue weighted by Crippen LogP contribution is 2.20. The van der Waals surface area contributed by atoms with Crippen LogP contribution in [-0.4, -0.2) is 23.7 Å². The van der Waals surface area contributed by atoms with Crippen LogP contribution in [0.25, 0.3) is 0 Å². The maximum absolute atomic E-state index is 9.11. The summed E-state index contributed by atoms with van der Waals surface area (Å²) < 4.78 is 5.54. The summed E-state index contributed by atoms with van der Waals surface area (Å²) in [6, 6.07) is 5.86. The monoisotopic (exact) mass is 212 g/mol. The topological polar surface area (TPSA) is 29.5 Å². The lowest BCUT2D eigenvalue weighted by atomic mass is 10.1. The second-order valence-electron chi connectivity index (χ2n) is 3.11. The molecule has 1 N–H and O–H groups in total. The van der Waals surface area contributed by atoms with Crippen molar-refractivity contribution in [1.29, 1.82) is 0 Å². The molecule has 0 atom stereocenters. The molecule has 1 aromatic rings. The zero-order valence-corrected chi connectivity index (χ0v) is 9.43. The fourth-order valence-electron chi connectivity index (χ4n) is 1.21. The molecule has 0 amide bonds. The number of ether oxygens (including phenoxy) is 1. The molecule has 1 aromatic carbocycles. The maximum Gasteiger partial charge on any atom is 0.124 e. The Bertz CT molecular complexity index is 287. The van der Waals surface area contributed by atoms with E-state index in [0.717, 1.165) is 22.6 Å². The fourth-order valence-corrected chi connectivity index (χ4v) is 1.46. The molecule has 0 bridgehead atoms. The highest BCUT2D eigenvalue weighted by molar-refractivity contribution is 7.98. The van der Waals surface area contributed by atoms with Crippen molar-refractivity contribution in [3.8, 4) is 5.75 Å². The molecule has 0 saturated carbocycles. The van der Waals surface area contributed by atoms with Crippen LogP contribution in [0.5, 0.6) is 5.75 Å². The second-order valence-corrected chi connectivity index (χ2v) is 4.10. The van der Waals surface area contributed by atoms with Gasteiger partial charge in [-0.1, -0.05) is 17.7 Å². The molecule has 0 unspecified atom stereocenters. The van der Waals surface area contributed by atoms with Gasteiger partial charge in [-0.25, -0.2) is 0 Å². The molecule has 0 radical (unpaired) electrons. The Morgan fingerprint density at radius 3 is 2.86 bits per heavy atom. The van der Waals surface area contributed by atoms with Crippen molar-refractivity contribution < 1.29 is 9.84 Å². The molecule has 2 nitrogen and oxygen atoms in total. The van der Waals surface area contributed by atoms with Gasteiger partial charge in [0.15, 0.2) is 0 Å². The number of benzene rings is 1. The third kappa shape index (κ3) is 3.24. The average Bonchev–Trinajstić information content (AvgIpc) is 2.20. The molecule has 0 aliphatic rings. The van der Waals surface area contributed by atoms with Crippen LogP contribution in [0.2, 0.25) is 0 Å². The minimum atomic E-state index is 0.0380. The van der Waals surface area contributed by atoms with Gasteiger partial charge in [-0.15, -0.1) is 0 Å². The first-order valence-electron chi connectivity index (χ1n) is 4.60. The van der Waals surface area contributed by atoms with Crippen molar-refractivity contribution in [2.45, 2.75) is 13.5 Å². The Kier molecular flexibility index (Phi) is 4.84. The summed E-state index contributed by atoms with van der Waals surface area (Å²) in [5.74, 6) is 1.77. The first kappa shape index (κ1) is 11.4. The number of aliphatic hydroxyl groups excluding tert-OH is 1. The molecular weight excluding hydrogens is 196 g/mol. The summed E-state index contributed by atoms with van der Waals surface area (Å²) in [5, 5.41) is 9.11. The molecule has 14 heavy (non-hydrogen) atoms. The SMILES string of the molecule is CSCCOc1ccc(C)cc1CO. The second kappa shape index (κ2) is 5.94. The van der Waals surface area contributed by atoms with E-state index in [9.17, 15) is 0 Å². The van der Waals surface area contributed by atoms with Crippen molar-refractivity contribution in [2.24, 2.45) is 0 Å². The van der Waals surface area contributed by atoms with Crippen LogP contribution in [-0.2, 0) is 6.61 Å². The van der Waals surface area contributed by atoms with E-state index in [2.05, 4.69) is 0 Å². The summed E-state index contributed by atoms with van der Waals surface area (Å²) in [7, 11) is 0. The summed E-state index contributed by atoms with van der Waals surface area (Å²) in [4.78, 5) is 0. The minimum absolute atomic E-state index is 0.0380. The fraction of sp³-hybridized carbons (Fsp3) is 0.455. The molecule has 0 fully saturated rings. The maximum atomic E-state index is 9.11. The molecule has 3 heteroatoms. The summed E-state index contributed by atoms with van der Waals surface area (Å²) in [6.07, 6.45) is 2.05. The first-order chi connectivity index (χ1) is 6.77. The predicted molar refractivity (Wildman–Crippen MR) is 61.0 cm³/mol. The van der Waals surface area contributed by atoms with Gasteiger partial charge in [0.05, 0.1) is 13.2 Å². The lowest BCUT2D eigenvalue weighted by Gasteiger charge is -2.09. The van der Waals surface area contributed by atoms with Crippen LogP contribution in [0.15, 0.2) is 18.2 Å². The first-order valence-corrected chi connectivity index (χ1v) is 5.99. The zero-order chi connectivity index (χ0) is 10.4. The van der Waals surface area contributed by atoms with E-state index < -0.39 is 0 Å². The largest absolute Gasteiger partial charge is 0.492 e. The van der Waals surface area contributed by atoms with Gasteiger partial charge < -0.3 is 9.84 Å². The number of thioether (sulfide) groups is 1. The Morgan fingerprint density at radius 1 is 1.43 bits per heavy atom. The molecule has 1 rings (SSSR count). The molecule has 0 aliphatic heterocycles. The molecule has 0 aromatic heterocycles. The van der Waals surface area contributed by atoms with Gasteiger partial charge in [0.25, 0.3) is 0 Å². The van der Waals surface area contributed by atoms with Crippen LogP contribution in [0.1, 0.15) is 11.1 Å². The molecule has 0 spiro atoms. The van der Waals surface area contributed by atoms with E-state index in [1.165, 1.54) is 0 Å². The van der Waals surface area contributed by atoms with E-state index in [1.807, 2.05) is 31.4 Å². The van der Waals surface area contributed by atoms with E-state index in [1.54, 1.807) is 11.8 Å². The highest BCUT2D eigenvalue weighted by Gasteiger charge is 2.02. The van der Waals surface area contributed by atoms with Crippen molar-refractivity contribution in [2.75, 3.05) is 18.6 Å². The number of hydrogen-bond donors (Lipinski definition) is 1. The third-order valence-corrected chi connectivity index (χ3v) is 2.51. The Morgan fingerprint density at radius 2 is 2.21 bits per heavy atom. The lowest BCUT2D eigenvalue weighted by Crippen LogP contribution is -2.02. The smallest absolute Gasteiger partial charge is 0.124 e. The number of aliphatic hydroxyl groups is 1. The van der Waals surface area contributed by atoms with Crippen molar-refractivity contribution in [3.05, 3.63) is 29.3 Å². The van der Waals surface area contributed by atoms with Crippen molar-refractivity contribution >= 4 is 11.8 Å². The van der Waals surface area contributed by atoms with E-state index >= 15 is 0 Å². The van der Waals surface area contributed by atoms with E-state index in [0.29, 0.717) is 6.61 Å². The van der Waals surface area contributed by atoms with Crippen LogP contribution >= 0.6 is 11.8 Å². The minimum Gasteiger partial charge on any atom is -0.492 e. The van der Waals surface area contributed by atoms with Gasteiger partial charge >= 0.3 is 0 Å². The average molecular weight is 212 g/mol.